The Morgan fingerprint density at radius 3 is 2.58 bits per heavy atom. The van der Waals surface area contributed by atoms with Crippen molar-refractivity contribution in [1.82, 2.24) is 0 Å². The standard InChI is InChI=1S/C10H18O2/c1-4-8-12-10(11)7-5-6-9(2)3/h2,4-8H2,1,3H3. The molecule has 2 nitrogen and oxygen atoms in total. The molecule has 2 heteroatoms. The highest BCUT2D eigenvalue weighted by Gasteiger charge is 2.00. The Balaban J connectivity index is 3.25. The van der Waals surface area contributed by atoms with Gasteiger partial charge in [0.15, 0.2) is 0 Å². The molecule has 0 atom stereocenters. The topological polar surface area (TPSA) is 26.3 Å². The first-order chi connectivity index (χ1) is 5.66. The average molecular weight is 170 g/mol. The van der Waals surface area contributed by atoms with E-state index >= 15 is 0 Å². The molecule has 0 amide bonds. The number of hydrogen-bond donors (Lipinski definition) is 0. The van der Waals surface area contributed by atoms with Crippen molar-refractivity contribution in [2.75, 3.05) is 6.61 Å². The van der Waals surface area contributed by atoms with Gasteiger partial charge in [-0.1, -0.05) is 12.5 Å². The normalized spacial score (nSPS) is 9.50. The highest BCUT2D eigenvalue weighted by Crippen LogP contribution is 2.04. The molecule has 0 N–H and O–H groups in total. The zero-order chi connectivity index (χ0) is 9.40. The summed E-state index contributed by atoms with van der Waals surface area (Å²) in [6.45, 7) is 8.27. The Kier molecular flexibility index (Phi) is 6.44. The second kappa shape index (κ2) is 6.89. The molecule has 0 aliphatic carbocycles. The molecule has 0 aromatic rings. The Hall–Kier alpha value is -0.790. The number of hydrogen-bond acceptors (Lipinski definition) is 2. The van der Waals surface area contributed by atoms with Crippen molar-refractivity contribution in [3.05, 3.63) is 12.2 Å². The van der Waals surface area contributed by atoms with Crippen LogP contribution in [0.4, 0.5) is 0 Å². The van der Waals surface area contributed by atoms with Gasteiger partial charge in [-0.25, -0.2) is 0 Å². The van der Waals surface area contributed by atoms with Gasteiger partial charge in [0.05, 0.1) is 6.61 Å². The maximum Gasteiger partial charge on any atom is 0.305 e. The first kappa shape index (κ1) is 11.2. The summed E-state index contributed by atoms with van der Waals surface area (Å²) < 4.78 is 4.90. The van der Waals surface area contributed by atoms with E-state index in [0.717, 1.165) is 24.8 Å². The van der Waals surface area contributed by atoms with Crippen molar-refractivity contribution in [3.8, 4) is 0 Å². The lowest BCUT2D eigenvalue weighted by Crippen LogP contribution is -2.04. The van der Waals surface area contributed by atoms with Crippen molar-refractivity contribution in [1.29, 1.82) is 0 Å². The first-order valence-corrected chi connectivity index (χ1v) is 4.46. The van der Waals surface area contributed by atoms with Gasteiger partial charge >= 0.3 is 5.97 Å². The zero-order valence-corrected chi connectivity index (χ0v) is 8.06. The van der Waals surface area contributed by atoms with E-state index < -0.39 is 0 Å². The summed E-state index contributed by atoms with van der Waals surface area (Å²) in [4.78, 5) is 10.9. The number of carbonyl (C=O) groups excluding carboxylic acids is 1. The van der Waals surface area contributed by atoms with Crippen LogP contribution < -0.4 is 0 Å². The Bertz CT molecular complexity index is 150. The van der Waals surface area contributed by atoms with Crippen LogP contribution in [0.5, 0.6) is 0 Å². The molecule has 12 heavy (non-hydrogen) atoms. The maximum atomic E-state index is 10.9. The zero-order valence-electron chi connectivity index (χ0n) is 8.06. The molecule has 0 aliphatic heterocycles. The van der Waals surface area contributed by atoms with Gasteiger partial charge in [0.1, 0.15) is 0 Å². The lowest BCUT2D eigenvalue weighted by molar-refractivity contribution is -0.143. The molecular weight excluding hydrogens is 152 g/mol. The van der Waals surface area contributed by atoms with Crippen LogP contribution in [0.2, 0.25) is 0 Å². The second-order valence-corrected chi connectivity index (χ2v) is 3.03. The van der Waals surface area contributed by atoms with Crippen LogP contribution in [-0.2, 0) is 9.53 Å². The fourth-order valence-electron chi connectivity index (χ4n) is 0.823. The van der Waals surface area contributed by atoms with E-state index in [1.54, 1.807) is 0 Å². The molecule has 0 aromatic carbocycles. The third-order valence-corrected chi connectivity index (χ3v) is 1.45. The van der Waals surface area contributed by atoms with Crippen LogP contribution in [0.15, 0.2) is 12.2 Å². The lowest BCUT2D eigenvalue weighted by Gasteiger charge is -2.02. The molecule has 0 rings (SSSR count). The molecule has 0 fully saturated rings. The first-order valence-electron chi connectivity index (χ1n) is 4.46. The molecule has 0 unspecified atom stereocenters. The summed E-state index contributed by atoms with van der Waals surface area (Å²) >= 11 is 0. The highest BCUT2D eigenvalue weighted by atomic mass is 16.5. The van der Waals surface area contributed by atoms with Gasteiger partial charge in [-0.05, 0) is 26.2 Å². The number of ether oxygens (including phenoxy) is 1. The largest absolute Gasteiger partial charge is 0.466 e. The van der Waals surface area contributed by atoms with Crippen LogP contribution in [0.3, 0.4) is 0 Å². The molecule has 0 bridgehead atoms. The molecule has 0 heterocycles. The Morgan fingerprint density at radius 1 is 1.42 bits per heavy atom. The van der Waals surface area contributed by atoms with Gasteiger partial charge < -0.3 is 4.74 Å². The van der Waals surface area contributed by atoms with E-state index in [1.807, 2.05) is 13.8 Å². The van der Waals surface area contributed by atoms with E-state index in [1.165, 1.54) is 0 Å². The summed E-state index contributed by atoms with van der Waals surface area (Å²) in [7, 11) is 0. The predicted octanol–water partition coefficient (Wildman–Crippen LogP) is 2.69. The van der Waals surface area contributed by atoms with E-state index in [4.69, 9.17) is 4.74 Å². The summed E-state index contributed by atoms with van der Waals surface area (Å²) in [5, 5.41) is 0. The molecule has 0 spiro atoms. The predicted molar refractivity (Wildman–Crippen MR) is 49.9 cm³/mol. The van der Waals surface area contributed by atoms with E-state index in [0.29, 0.717) is 13.0 Å². The Labute approximate surface area is 74.6 Å². The van der Waals surface area contributed by atoms with E-state index in [9.17, 15) is 4.79 Å². The molecule has 0 saturated carbocycles. The molecule has 0 aliphatic rings. The fourth-order valence-corrected chi connectivity index (χ4v) is 0.823. The van der Waals surface area contributed by atoms with Crippen molar-refractivity contribution >= 4 is 5.97 Å². The van der Waals surface area contributed by atoms with Crippen LogP contribution in [0, 0.1) is 0 Å². The van der Waals surface area contributed by atoms with Crippen LogP contribution >= 0.6 is 0 Å². The highest BCUT2D eigenvalue weighted by molar-refractivity contribution is 5.69. The fraction of sp³-hybridized carbons (Fsp3) is 0.700. The minimum Gasteiger partial charge on any atom is -0.466 e. The van der Waals surface area contributed by atoms with Crippen molar-refractivity contribution in [3.63, 3.8) is 0 Å². The lowest BCUT2D eigenvalue weighted by atomic mass is 10.1. The monoisotopic (exact) mass is 170 g/mol. The van der Waals surface area contributed by atoms with Crippen LogP contribution in [0.25, 0.3) is 0 Å². The molecule has 0 aromatic heterocycles. The molecular formula is C10H18O2. The van der Waals surface area contributed by atoms with Gasteiger partial charge in [0.2, 0.25) is 0 Å². The van der Waals surface area contributed by atoms with Gasteiger partial charge in [0, 0.05) is 6.42 Å². The molecule has 0 saturated heterocycles. The van der Waals surface area contributed by atoms with Gasteiger partial charge in [-0.15, -0.1) is 6.58 Å². The second-order valence-electron chi connectivity index (χ2n) is 3.03. The quantitative estimate of drug-likeness (QED) is 0.452. The van der Waals surface area contributed by atoms with Gasteiger partial charge in [-0.3, -0.25) is 4.79 Å². The number of esters is 1. The van der Waals surface area contributed by atoms with Crippen molar-refractivity contribution in [2.24, 2.45) is 0 Å². The van der Waals surface area contributed by atoms with Crippen LogP contribution in [-0.4, -0.2) is 12.6 Å². The summed E-state index contributed by atoms with van der Waals surface area (Å²) in [5.74, 6) is -0.0851. The van der Waals surface area contributed by atoms with Crippen molar-refractivity contribution < 1.29 is 9.53 Å². The van der Waals surface area contributed by atoms with E-state index in [-0.39, 0.29) is 5.97 Å². The smallest absolute Gasteiger partial charge is 0.305 e. The molecule has 70 valence electrons. The average Bonchev–Trinajstić information content (AvgIpc) is 2.00. The SMILES string of the molecule is C=C(C)CCCC(=O)OCCC. The van der Waals surface area contributed by atoms with Gasteiger partial charge in [0.25, 0.3) is 0 Å². The summed E-state index contributed by atoms with van der Waals surface area (Å²) in [5.41, 5.74) is 1.12. The minimum absolute atomic E-state index is 0.0851. The summed E-state index contributed by atoms with van der Waals surface area (Å²) in [6, 6.07) is 0. The van der Waals surface area contributed by atoms with Crippen LogP contribution in [0.1, 0.15) is 39.5 Å². The number of rotatable bonds is 6. The van der Waals surface area contributed by atoms with E-state index in [2.05, 4.69) is 6.58 Å². The third-order valence-electron chi connectivity index (χ3n) is 1.45. The minimum atomic E-state index is -0.0851. The van der Waals surface area contributed by atoms with Crippen molar-refractivity contribution in [2.45, 2.75) is 39.5 Å². The third kappa shape index (κ3) is 7.32. The number of allylic oxidation sites excluding steroid dienone is 1. The summed E-state index contributed by atoms with van der Waals surface area (Å²) in [6.07, 6.45) is 3.19. The maximum absolute atomic E-state index is 10.9. The molecule has 0 radical (unpaired) electrons. The number of carbonyl (C=O) groups is 1. The Morgan fingerprint density at radius 2 is 2.08 bits per heavy atom. The van der Waals surface area contributed by atoms with Gasteiger partial charge in [-0.2, -0.15) is 0 Å².